The van der Waals surface area contributed by atoms with Crippen molar-refractivity contribution in [3.8, 4) is 5.75 Å². The van der Waals surface area contributed by atoms with Crippen LogP contribution in [0.1, 0.15) is 11.7 Å². The summed E-state index contributed by atoms with van der Waals surface area (Å²) in [5.41, 5.74) is 5.78. The summed E-state index contributed by atoms with van der Waals surface area (Å²) in [5.74, 6) is -0.967. The highest BCUT2D eigenvalue weighted by Crippen LogP contribution is 2.18. The Hall–Kier alpha value is -2.53. The number of carbonyl (C=O) groups is 2. The van der Waals surface area contributed by atoms with Crippen LogP contribution in [0.5, 0.6) is 5.75 Å². The molecule has 0 saturated carbocycles. The van der Waals surface area contributed by atoms with Crippen molar-refractivity contribution in [2.75, 3.05) is 6.61 Å². The maximum atomic E-state index is 11.8. The molecule has 0 aliphatic carbocycles. The van der Waals surface area contributed by atoms with Crippen LogP contribution in [0, 0.1) is 0 Å². The van der Waals surface area contributed by atoms with Gasteiger partial charge in [0.2, 0.25) is 6.10 Å². The predicted molar refractivity (Wildman–Crippen MR) is 81.4 cm³/mol. The molecule has 0 saturated heterocycles. The largest absolute Gasteiger partial charge is 0.482 e. The number of primary amides is 1. The first-order valence-corrected chi connectivity index (χ1v) is 6.86. The minimum atomic E-state index is -1.14. The molecule has 1 unspecified atom stereocenters. The molecule has 0 radical (unpaired) electrons. The van der Waals surface area contributed by atoms with Crippen LogP contribution in [0.2, 0.25) is 5.02 Å². The number of esters is 1. The van der Waals surface area contributed by atoms with E-state index in [9.17, 15) is 9.59 Å². The molecule has 1 atom stereocenters. The van der Waals surface area contributed by atoms with Gasteiger partial charge >= 0.3 is 5.97 Å². The van der Waals surface area contributed by atoms with E-state index in [1.807, 2.05) is 0 Å². The Morgan fingerprint density at radius 3 is 2.27 bits per heavy atom. The summed E-state index contributed by atoms with van der Waals surface area (Å²) in [7, 11) is 0. The number of halogens is 1. The quantitative estimate of drug-likeness (QED) is 0.830. The first-order chi connectivity index (χ1) is 10.6. The lowest BCUT2D eigenvalue weighted by Gasteiger charge is -2.15. The average molecular weight is 320 g/mol. The number of ether oxygens (including phenoxy) is 2. The van der Waals surface area contributed by atoms with E-state index in [2.05, 4.69) is 0 Å². The van der Waals surface area contributed by atoms with Gasteiger partial charge in [0.1, 0.15) is 5.75 Å². The predicted octanol–water partition coefficient (Wildman–Crippen LogP) is 2.49. The van der Waals surface area contributed by atoms with E-state index in [0.717, 1.165) is 0 Å². The number of nitrogens with two attached hydrogens (primary N) is 1. The van der Waals surface area contributed by atoms with E-state index in [-0.39, 0.29) is 6.61 Å². The fraction of sp³-hybridized carbons (Fsp3) is 0.125. The van der Waals surface area contributed by atoms with Crippen LogP contribution >= 0.6 is 11.6 Å². The number of carbonyl (C=O) groups excluding carboxylic acids is 2. The molecule has 0 fully saturated rings. The third-order valence-corrected chi connectivity index (χ3v) is 3.03. The van der Waals surface area contributed by atoms with Gasteiger partial charge in [-0.2, -0.15) is 0 Å². The van der Waals surface area contributed by atoms with Crippen molar-refractivity contribution in [3.63, 3.8) is 0 Å². The van der Waals surface area contributed by atoms with Crippen molar-refractivity contribution in [2.45, 2.75) is 6.10 Å². The molecule has 114 valence electrons. The lowest BCUT2D eigenvalue weighted by Crippen LogP contribution is -2.28. The average Bonchev–Trinajstić information content (AvgIpc) is 2.52. The molecule has 2 N–H and O–H groups in total. The number of benzene rings is 2. The third kappa shape index (κ3) is 4.49. The molecule has 1 amide bonds. The molecule has 0 spiro atoms. The van der Waals surface area contributed by atoms with Crippen LogP contribution in [0.15, 0.2) is 54.6 Å². The van der Waals surface area contributed by atoms with Gasteiger partial charge in [0.25, 0.3) is 5.91 Å². The summed E-state index contributed by atoms with van der Waals surface area (Å²) in [6.45, 7) is -0.335. The highest BCUT2D eigenvalue weighted by atomic mass is 35.5. The Morgan fingerprint density at radius 1 is 1.05 bits per heavy atom. The second kappa shape index (κ2) is 7.47. The van der Waals surface area contributed by atoms with Crippen molar-refractivity contribution in [1.29, 1.82) is 0 Å². The van der Waals surface area contributed by atoms with Crippen molar-refractivity contribution in [2.24, 2.45) is 5.73 Å². The maximum Gasteiger partial charge on any atom is 0.345 e. The summed E-state index contributed by atoms with van der Waals surface area (Å²) in [6.07, 6.45) is -1.14. The number of amides is 1. The molecular weight excluding hydrogens is 306 g/mol. The van der Waals surface area contributed by atoms with E-state index in [4.69, 9.17) is 26.8 Å². The van der Waals surface area contributed by atoms with Crippen LogP contribution in [0.4, 0.5) is 0 Å². The molecule has 0 aliphatic rings. The molecular formula is C16H14ClNO4. The molecule has 6 heteroatoms. The summed E-state index contributed by atoms with van der Waals surface area (Å²) < 4.78 is 10.3. The third-order valence-electron chi connectivity index (χ3n) is 2.78. The lowest BCUT2D eigenvalue weighted by atomic mass is 10.1. The van der Waals surface area contributed by atoms with Crippen molar-refractivity contribution >= 4 is 23.5 Å². The van der Waals surface area contributed by atoms with Crippen molar-refractivity contribution < 1.29 is 19.1 Å². The van der Waals surface area contributed by atoms with Gasteiger partial charge in [0.05, 0.1) is 0 Å². The second-order valence-corrected chi connectivity index (χ2v) is 4.86. The molecule has 22 heavy (non-hydrogen) atoms. The summed E-state index contributed by atoms with van der Waals surface area (Å²) >= 11 is 5.75. The summed E-state index contributed by atoms with van der Waals surface area (Å²) in [5, 5.41) is 0.563. The minimum Gasteiger partial charge on any atom is -0.482 e. The SMILES string of the molecule is NC(=O)C(OC(=O)COc1ccc(Cl)cc1)c1ccccc1. The topological polar surface area (TPSA) is 78.6 Å². The number of hydrogen-bond acceptors (Lipinski definition) is 4. The summed E-state index contributed by atoms with van der Waals surface area (Å²) in [6, 6.07) is 15.1. The second-order valence-electron chi connectivity index (χ2n) is 4.43. The van der Waals surface area contributed by atoms with Crippen molar-refractivity contribution in [1.82, 2.24) is 0 Å². The molecule has 0 aliphatic heterocycles. The Balaban J connectivity index is 1.94. The van der Waals surface area contributed by atoms with E-state index < -0.39 is 18.0 Å². The molecule has 5 nitrogen and oxygen atoms in total. The monoisotopic (exact) mass is 319 g/mol. The Labute approximate surface area is 132 Å². The highest BCUT2D eigenvalue weighted by Gasteiger charge is 2.22. The van der Waals surface area contributed by atoms with Gasteiger partial charge in [0.15, 0.2) is 6.61 Å². The number of hydrogen-bond donors (Lipinski definition) is 1. The van der Waals surface area contributed by atoms with Gasteiger partial charge in [0, 0.05) is 10.6 Å². The highest BCUT2D eigenvalue weighted by molar-refractivity contribution is 6.30. The first-order valence-electron chi connectivity index (χ1n) is 6.48. The van der Waals surface area contributed by atoms with Crippen molar-refractivity contribution in [3.05, 3.63) is 65.2 Å². The van der Waals surface area contributed by atoms with Crippen LogP contribution in [-0.2, 0) is 14.3 Å². The number of rotatable bonds is 6. The first kappa shape index (κ1) is 15.9. The fourth-order valence-corrected chi connectivity index (χ4v) is 1.88. The minimum absolute atomic E-state index is 0.335. The standard InChI is InChI=1S/C16H14ClNO4/c17-12-6-8-13(9-7-12)21-10-14(19)22-15(16(18)20)11-4-2-1-3-5-11/h1-9,15H,10H2,(H2,18,20). The Kier molecular flexibility index (Phi) is 5.38. The van der Waals surface area contributed by atoms with Gasteiger partial charge in [-0.1, -0.05) is 41.9 Å². The Bertz CT molecular complexity index is 643. The zero-order valence-corrected chi connectivity index (χ0v) is 12.3. The molecule has 0 heterocycles. The van der Waals surface area contributed by atoms with Gasteiger partial charge in [-0.25, -0.2) is 4.79 Å². The molecule has 2 aromatic carbocycles. The van der Waals surface area contributed by atoms with E-state index in [0.29, 0.717) is 16.3 Å². The smallest absolute Gasteiger partial charge is 0.345 e. The normalized spacial score (nSPS) is 11.5. The van der Waals surface area contributed by atoms with E-state index in [1.165, 1.54) is 0 Å². The maximum absolute atomic E-state index is 11.8. The molecule has 2 rings (SSSR count). The zero-order chi connectivity index (χ0) is 15.9. The van der Waals surface area contributed by atoms with Gasteiger partial charge in [-0.15, -0.1) is 0 Å². The molecule has 0 aromatic heterocycles. The van der Waals surface area contributed by atoms with Crippen LogP contribution in [-0.4, -0.2) is 18.5 Å². The van der Waals surface area contributed by atoms with Gasteiger partial charge in [-0.3, -0.25) is 4.79 Å². The fourth-order valence-electron chi connectivity index (χ4n) is 1.76. The molecule has 0 bridgehead atoms. The zero-order valence-electron chi connectivity index (χ0n) is 11.6. The van der Waals surface area contributed by atoms with Gasteiger partial charge in [-0.05, 0) is 24.3 Å². The Morgan fingerprint density at radius 2 is 1.68 bits per heavy atom. The van der Waals surface area contributed by atoms with Gasteiger partial charge < -0.3 is 15.2 Å². The summed E-state index contributed by atoms with van der Waals surface area (Å²) in [4.78, 5) is 23.2. The van der Waals surface area contributed by atoms with E-state index >= 15 is 0 Å². The van der Waals surface area contributed by atoms with Crippen LogP contribution in [0.25, 0.3) is 0 Å². The van der Waals surface area contributed by atoms with Crippen LogP contribution < -0.4 is 10.5 Å². The van der Waals surface area contributed by atoms with Crippen LogP contribution in [0.3, 0.4) is 0 Å². The lowest BCUT2D eigenvalue weighted by molar-refractivity contribution is -0.157. The van der Waals surface area contributed by atoms with E-state index in [1.54, 1.807) is 54.6 Å². The molecule has 2 aromatic rings.